The van der Waals surface area contributed by atoms with Crippen molar-refractivity contribution in [2.75, 3.05) is 0 Å². The molecule has 0 saturated heterocycles. The number of rotatable bonds is 4. The molecule has 0 aliphatic heterocycles. The van der Waals surface area contributed by atoms with Crippen LogP contribution in [-0.2, 0) is 14.3 Å². The highest BCUT2D eigenvalue weighted by Crippen LogP contribution is 2.36. The van der Waals surface area contributed by atoms with Gasteiger partial charge >= 0.3 is 5.97 Å². The lowest BCUT2D eigenvalue weighted by Gasteiger charge is -2.33. The van der Waals surface area contributed by atoms with Crippen molar-refractivity contribution in [2.45, 2.75) is 58.1 Å². The van der Waals surface area contributed by atoms with Crippen LogP contribution in [0.2, 0.25) is 0 Å². The Bertz CT molecular complexity index is 292. The van der Waals surface area contributed by atoms with Crippen LogP contribution in [0.1, 0.15) is 46.0 Å². The maximum absolute atomic E-state index is 11.5. The molecule has 4 N–H and O–H groups in total. The molecule has 5 nitrogen and oxygen atoms in total. The van der Waals surface area contributed by atoms with Gasteiger partial charge in [0, 0.05) is 0 Å². The molecule has 0 aromatic heterocycles. The van der Waals surface area contributed by atoms with E-state index in [1.54, 1.807) is 0 Å². The third kappa shape index (κ3) is 4.73. The summed E-state index contributed by atoms with van der Waals surface area (Å²) in [5, 5.41) is 0. The van der Waals surface area contributed by atoms with Crippen molar-refractivity contribution in [2.24, 2.45) is 16.9 Å². The summed E-state index contributed by atoms with van der Waals surface area (Å²) < 4.78 is 5.28. The number of esters is 1. The molecule has 1 aliphatic rings. The molecule has 5 heteroatoms. The van der Waals surface area contributed by atoms with Crippen LogP contribution in [0, 0.1) is 5.41 Å². The SMILES string of the molecule is CC1(C)CCC(OC(=O)C[C@H](N)C(N)=O)CC1. The van der Waals surface area contributed by atoms with Gasteiger partial charge in [0.25, 0.3) is 0 Å². The van der Waals surface area contributed by atoms with E-state index in [-0.39, 0.29) is 12.5 Å². The van der Waals surface area contributed by atoms with Gasteiger partial charge in [-0.2, -0.15) is 0 Å². The fourth-order valence-electron chi connectivity index (χ4n) is 2.00. The largest absolute Gasteiger partial charge is 0.462 e. The van der Waals surface area contributed by atoms with E-state index in [9.17, 15) is 9.59 Å². The van der Waals surface area contributed by atoms with Gasteiger partial charge in [-0.25, -0.2) is 0 Å². The molecule has 0 aromatic carbocycles. The average molecular weight is 242 g/mol. The van der Waals surface area contributed by atoms with Crippen molar-refractivity contribution in [3.05, 3.63) is 0 Å². The van der Waals surface area contributed by atoms with E-state index in [2.05, 4.69) is 13.8 Å². The molecule has 1 fully saturated rings. The fraction of sp³-hybridized carbons (Fsp3) is 0.833. The highest BCUT2D eigenvalue weighted by atomic mass is 16.5. The van der Waals surface area contributed by atoms with Crippen LogP contribution in [-0.4, -0.2) is 24.0 Å². The molecule has 0 aromatic rings. The van der Waals surface area contributed by atoms with Gasteiger partial charge in [0.15, 0.2) is 0 Å². The molecule has 1 saturated carbocycles. The highest BCUT2D eigenvalue weighted by Gasteiger charge is 2.29. The van der Waals surface area contributed by atoms with E-state index >= 15 is 0 Å². The molecular weight excluding hydrogens is 220 g/mol. The minimum Gasteiger partial charge on any atom is -0.462 e. The van der Waals surface area contributed by atoms with Crippen molar-refractivity contribution in [3.8, 4) is 0 Å². The van der Waals surface area contributed by atoms with Crippen LogP contribution in [0.3, 0.4) is 0 Å². The first-order valence-electron chi connectivity index (χ1n) is 6.04. The average Bonchev–Trinajstić information content (AvgIpc) is 2.21. The second kappa shape index (κ2) is 5.49. The zero-order valence-electron chi connectivity index (χ0n) is 10.6. The van der Waals surface area contributed by atoms with E-state index in [0.29, 0.717) is 5.41 Å². The van der Waals surface area contributed by atoms with Gasteiger partial charge in [0.1, 0.15) is 6.10 Å². The second-order valence-electron chi connectivity index (χ2n) is 5.57. The Kier molecular flexibility index (Phi) is 4.51. The number of amides is 1. The molecule has 0 bridgehead atoms. The van der Waals surface area contributed by atoms with Crippen molar-refractivity contribution >= 4 is 11.9 Å². The van der Waals surface area contributed by atoms with Crippen molar-refractivity contribution in [1.29, 1.82) is 0 Å². The van der Waals surface area contributed by atoms with E-state index in [0.717, 1.165) is 25.7 Å². The number of carbonyl (C=O) groups excluding carboxylic acids is 2. The zero-order chi connectivity index (χ0) is 13.1. The van der Waals surface area contributed by atoms with Crippen LogP contribution in [0.25, 0.3) is 0 Å². The molecule has 1 amide bonds. The lowest BCUT2D eigenvalue weighted by molar-refractivity contribution is -0.152. The molecule has 0 heterocycles. The van der Waals surface area contributed by atoms with Gasteiger partial charge in [-0.3, -0.25) is 9.59 Å². The predicted molar refractivity (Wildman–Crippen MR) is 63.9 cm³/mol. The Balaban J connectivity index is 2.31. The summed E-state index contributed by atoms with van der Waals surface area (Å²) in [5.41, 5.74) is 10.7. The van der Waals surface area contributed by atoms with Gasteiger partial charge in [-0.05, 0) is 31.1 Å². The van der Waals surface area contributed by atoms with E-state index < -0.39 is 17.9 Å². The smallest absolute Gasteiger partial charge is 0.308 e. The maximum atomic E-state index is 11.5. The number of primary amides is 1. The molecule has 0 unspecified atom stereocenters. The number of carbonyl (C=O) groups is 2. The zero-order valence-corrected chi connectivity index (χ0v) is 10.6. The minimum atomic E-state index is -0.942. The van der Waals surface area contributed by atoms with Gasteiger partial charge in [0.05, 0.1) is 12.5 Å². The quantitative estimate of drug-likeness (QED) is 0.709. The van der Waals surface area contributed by atoms with Crippen LogP contribution in [0.15, 0.2) is 0 Å². The topological polar surface area (TPSA) is 95.4 Å². The summed E-state index contributed by atoms with van der Waals surface area (Å²) in [6, 6.07) is -0.942. The van der Waals surface area contributed by atoms with Gasteiger partial charge in [0.2, 0.25) is 5.91 Å². The summed E-state index contributed by atoms with van der Waals surface area (Å²) >= 11 is 0. The standard InChI is InChI=1S/C12H22N2O3/c1-12(2)5-3-8(4-6-12)17-10(15)7-9(13)11(14)16/h8-9H,3-7,13H2,1-2H3,(H2,14,16)/t9-/m0/s1. The Morgan fingerprint density at radius 2 is 1.88 bits per heavy atom. The van der Waals surface area contributed by atoms with Crippen molar-refractivity contribution in [1.82, 2.24) is 0 Å². The van der Waals surface area contributed by atoms with Crippen LogP contribution in [0.4, 0.5) is 0 Å². The molecule has 0 spiro atoms. The summed E-state index contributed by atoms with van der Waals surface area (Å²) in [5.74, 6) is -1.10. The summed E-state index contributed by atoms with van der Waals surface area (Å²) in [6.45, 7) is 4.43. The molecule has 0 radical (unpaired) electrons. The summed E-state index contributed by atoms with van der Waals surface area (Å²) in [4.78, 5) is 22.2. The van der Waals surface area contributed by atoms with E-state index in [4.69, 9.17) is 16.2 Å². The van der Waals surface area contributed by atoms with Crippen molar-refractivity contribution < 1.29 is 14.3 Å². The first-order chi connectivity index (χ1) is 7.80. The third-order valence-electron chi connectivity index (χ3n) is 3.34. The molecule has 1 aliphatic carbocycles. The van der Waals surface area contributed by atoms with Gasteiger partial charge in [-0.15, -0.1) is 0 Å². The number of nitrogens with two attached hydrogens (primary N) is 2. The predicted octanol–water partition coefficient (Wildman–Crippen LogP) is 0.701. The molecule has 17 heavy (non-hydrogen) atoms. The lowest BCUT2D eigenvalue weighted by Crippen LogP contribution is -2.39. The molecular formula is C12H22N2O3. The third-order valence-corrected chi connectivity index (χ3v) is 3.34. The summed E-state index contributed by atoms with van der Waals surface area (Å²) in [7, 11) is 0. The van der Waals surface area contributed by atoms with Crippen LogP contribution in [0.5, 0.6) is 0 Å². The Morgan fingerprint density at radius 3 is 2.35 bits per heavy atom. The Morgan fingerprint density at radius 1 is 1.35 bits per heavy atom. The Labute approximate surface area is 102 Å². The second-order valence-corrected chi connectivity index (χ2v) is 5.57. The van der Waals surface area contributed by atoms with Crippen molar-refractivity contribution in [3.63, 3.8) is 0 Å². The van der Waals surface area contributed by atoms with E-state index in [1.165, 1.54) is 0 Å². The highest BCUT2D eigenvalue weighted by molar-refractivity contribution is 5.85. The number of hydrogen-bond acceptors (Lipinski definition) is 4. The maximum Gasteiger partial charge on any atom is 0.308 e. The number of ether oxygens (including phenoxy) is 1. The monoisotopic (exact) mass is 242 g/mol. The molecule has 98 valence electrons. The van der Waals surface area contributed by atoms with E-state index in [1.807, 2.05) is 0 Å². The number of hydrogen-bond donors (Lipinski definition) is 2. The first-order valence-corrected chi connectivity index (χ1v) is 6.04. The van der Waals surface area contributed by atoms with Gasteiger partial charge < -0.3 is 16.2 Å². The lowest BCUT2D eigenvalue weighted by atomic mass is 9.76. The minimum absolute atomic E-state index is 0.0319. The summed E-state index contributed by atoms with van der Waals surface area (Å²) in [6.07, 6.45) is 3.69. The van der Waals surface area contributed by atoms with Crippen LogP contribution >= 0.6 is 0 Å². The normalized spacial score (nSPS) is 21.8. The Hall–Kier alpha value is -1.10. The van der Waals surface area contributed by atoms with Gasteiger partial charge in [-0.1, -0.05) is 13.8 Å². The fourth-order valence-corrected chi connectivity index (χ4v) is 2.00. The first kappa shape index (κ1) is 14.0. The molecule has 1 atom stereocenters. The van der Waals surface area contributed by atoms with Crippen LogP contribution < -0.4 is 11.5 Å². The molecule has 1 rings (SSSR count).